The Kier molecular flexibility index (Phi) is 7.32. The van der Waals surface area contributed by atoms with Crippen LogP contribution in [0.15, 0.2) is 72.8 Å². The Hall–Kier alpha value is -4.65. The summed E-state index contributed by atoms with van der Waals surface area (Å²) in [5.74, 6) is 0.136. The highest BCUT2D eigenvalue weighted by Crippen LogP contribution is 2.47. The van der Waals surface area contributed by atoms with Gasteiger partial charge in [-0.25, -0.2) is 4.79 Å². The Bertz CT molecular complexity index is 1790. The fraction of sp³-hybridized carbons (Fsp3) is 0.324. The molecule has 2 N–H and O–H groups in total. The van der Waals surface area contributed by atoms with Crippen molar-refractivity contribution < 1.29 is 24.2 Å². The Labute approximate surface area is 256 Å². The smallest absolute Gasteiger partial charge is 0.328 e. The molecular formula is C37H36N2O5. The molecule has 2 heterocycles. The zero-order chi connectivity index (χ0) is 30.3. The number of hydrogen-bond donors (Lipinski definition) is 2. The molecule has 1 amide bonds. The van der Waals surface area contributed by atoms with Gasteiger partial charge in [-0.2, -0.15) is 0 Å². The van der Waals surface area contributed by atoms with Crippen molar-refractivity contribution >= 4 is 34.6 Å². The number of Topliss-reactive ketones (excluding diaryl/α,β-unsaturated/α-hetero) is 1. The second-order valence-electron chi connectivity index (χ2n) is 12.4. The summed E-state index contributed by atoms with van der Waals surface area (Å²) < 4.78 is 8.51. The Morgan fingerprint density at radius 2 is 1.75 bits per heavy atom. The zero-order valence-corrected chi connectivity index (χ0v) is 24.7. The van der Waals surface area contributed by atoms with Crippen molar-refractivity contribution in [2.24, 2.45) is 0 Å². The largest absolute Gasteiger partial charge is 0.491 e. The molecule has 0 unspecified atom stereocenters. The lowest BCUT2D eigenvalue weighted by molar-refractivity contribution is -0.131. The van der Waals surface area contributed by atoms with Crippen LogP contribution in [0.1, 0.15) is 77.9 Å². The third-order valence-electron chi connectivity index (χ3n) is 9.49. The predicted molar refractivity (Wildman–Crippen MR) is 170 cm³/mol. The average Bonchev–Trinajstić information content (AvgIpc) is 3.79. The number of amides is 1. The van der Waals surface area contributed by atoms with Crippen molar-refractivity contribution in [2.45, 2.75) is 69.4 Å². The van der Waals surface area contributed by atoms with Gasteiger partial charge in [0, 0.05) is 34.5 Å². The fourth-order valence-corrected chi connectivity index (χ4v) is 7.04. The summed E-state index contributed by atoms with van der Waals surface area (Å²) in [6, 6.07) is 21.5. The van der Waals surface area contributed by atoms with E-state index in [1.807, 2.05) is 36.4 Å². The molecule has 1 aromatic heterocycles. The first-order valence-electron chi connectivity index (χ1n) is 15.7. The van der Waals surface area contributed by atoms with Crippen molar-refractivity contribution in [1.82, 2.24) is 9.88 Å². The summed E-state index contributed by atoms with van der Waals surface area (Å²) in [7, 11) is 0. The van der Waals surface area contributed by atoms with Crippen LogP contribution in [0.5, 0.6) is 5.75 Å². The third kappa shape index (κ3) is 5.32. The maximum atomic E-state index is 13.7. The number of carboxylic acids is 1. The molecule has 0 spiro atoms. The van der Waals surface area contributed by atoms with Crippen LogP contribution in [0.3, 0.4) is 0 Å². The average molecular weight is 589 g/mol. The highest BCUT2D eigenvalue weighted by molar-refractivity contribution is 6.05. The molecular weight excluding hydrogens is 552 g/mol. The number of carboxylic acid groups (broad SMARTS) is 1. The van der Waals surface area contributed by atoms with Crippen molar-refractivity contribution in [3.63, 3.8) is 0 Å². The van der Waals surface area contributed by atoms with Gasteiger partial charge in [0.15, 0.2) is 5.78 Å². The van der Waals surface area contributed by atoms with Gasteiger partial charge in [-0.3, -0.25) is 9.59 Å². The second kappa shape index (κ2) is 11.5. The minimum Gasteiger partial charge on any atom is -0.491 e. The summed E-state index contributed by atoms with van der Waals surface area (Å²) in [6.07, 6.45) is 10.1. The monoisotopic (exact) mass is 588 g/mol. The number of nitrogens with one attached hydrogen (secondary N) is 1. The molecule has 2 saturated carbocycles. The number of hydrogen-bond acceptors (Lipinski definition) is 4. The van der Waals surface area contributed by atoms with Crippen LogP contribution >= 0.6 is 0 Å². The number of carbonyl (C=O) groups excluding carboxylic acids is 2. The van der Waals surface area contributed by atoms with Gasteiger partial charge in [-0.1, -0.05) is 61.7 Å². The third-order valence-corrected chi connectivity index (χ3v) is 9.49. The van der Waals surface area contributed by atoms with Crippen LogP contribution < -0.4 is 10.1 Å². The molecule has 0 radical (unpaired) electrons. The lowest BCUT2D eigenvalue weighted by Crippen LogP contribution is -2.44. The van der Waals surface area contributed by atoms with Crippen molar-refractivity contribution in [3.8, 4) is 17.0 Å². The van der Waals surface area contributed by atoms with Gasteiger partial charge in [0.1, 0.15) is 12.4 Å². The number of carbonyl (C=O) groups is 3. The van der Waals surface area contributed by atoms with Crippen molar-refractivity contribution in [2.75, 3.05) is 6.61 Å². The molecule has 3 aromatic carbocycles. The lowest BCUT2D eigenvalue weighted by atomic mass is 9.81. The molecule has 0 bridgehead atoms. The van der Waals surface area contributed by atoms with Gasteiger partial charge >= 0.3 is 5.97 Å². The van der Waals surface area contributed by atoms with E-state index in [0.717, 1.165) is 34.0 Å². The Morgan fingerprint density at radius 3 is 2.50 bits per heavy atom. The summed E-state index contributed by atoms with van der Waals surface area (Å²) >= 11 is 0. The number of rotatable bonds is 8. The van der Waals surface area contributed by atoms with Crippen molar-refractivity contribution in [3.05, 3.63) is 95.1 Å². The topological polar surface area (TPSA) is 97.6 Å². The number of ether oxygens (including phenoxy) is 1. The number of aromatic nitrogens is 1. The normalized spacial score (nSPS) is 17.4. The SMILES string of the molecule is O=C(O)/C=C/c1ccc(CC(=O)C2(NC(=O)c3ccc4c(C5CCCCC5)c5n(c4c3)CCOc3ccccc3-5)CC2)cc1. The first-order chi connectivity index (χ1) is 21.4. The van der Waals surface area contributed by atoms with Gasteiger partial charge in [0.2, 0.25) is 0 Å². The summed E-state index contributed by atoms with van der Waals surface area (Å²) in [5.41, 5.74) is 6.04. The molecule has 2 aliphatic carbocycles. The molecule has 1 aliphatic heterocycles. The van der Waals surface area contributed by atoms with Crippen LogP contribution in [-0.2, 0) is 22.6 Å². The fourth-order valence-electron chi connectivity index (χ4n) is 7.04. The quantitative estimate of drug-likeness (QED) is 0.218. The molecule has 2 fully saturated rings. The molecule has 0 saturated heterocycles. The number of benzene rings is 3. The van der Waals surface area contributed by atoms with E-state index < -0.39 is 11.5 Å². The number of nitrogens with zero attached hydrogens (tertiary/aromatic N) is 1. The Balaban J connectivity index is 1.16. The zero-order valence-electron chi connectivity index (χ0n) is 24.7. The van der Waals surface area contributed by atoms with Gasteiger partial charge in [0.05, 0.1) is 17.8 Å². The van der Waals surface area contributed by atoms with E-state index in [-0.39, 0.29) is 18.1 Å². The van der Waals surface area contributed by atoms with Crippen LogP contribution in [-0.4, -0.2) is 39.5 Å². The van der Waals surface area contributed by atoms with Crippen LogP contribution in [0.25, 0.3) is 28.2 Å². The highest BCUT2D eigenvalue weighted by Gasteiger charge is 2.50. The van der Waals surface area contributed by atoms with Crippen LogP contribution in [0, 0.1) is 0 Å². The minimum absolute atomic E-state index is 0.00866. The van der Waals surface area contributed by atoms with Crippen LogP contribution in [0.2, 0.25) is 0 Å². The standard InChI is InChI=1S/C37H36N2O5/c40-32(22-25-12-10-24(11-13-25)14-17-33(41)42)37(18-19-37)38-36(43)27-15-16-28-30(23-27)39-20-21-44-31-9-5-4-8-29(31)35(39)34(28)26-6-2-1-3-7-26/h4-5,8-17,23,26H,1-3,6-7,18-22H2,(H,38,43)(H,41,42)/b17-14+. The van der Waals surface area contributed by atoms with E-state index in [1.54, 1.807) is 12.1 Å². The molecule has 0 atom stereocenters. The molecule has 224 valence electrons. The molecule has 7 nitrogen and oxygen atoms in total. The van der Waals surface area contributed by atoms with E-state index in [1.165, 1.54) is 54.8 Å². The maximum absolute atomic E-state index is 13.7. The summed E-state index contributed by atoms with van der Waals surface area (Å²) in [5, 5.41) is 13.1. The van der Waals surface area contributed by atoms with Gasteiger partial charge in [-0.05, 0) is 78.6 Å². The van der Waals surface area contributed by atoms with E-state index in [4.69, 9.17) is 9.84 Å². The van der Waals surface area contributed by atoms with Gasteiger partial charge in [-0.15, -0.1) is 0 Å². The minimum atomic E-state index is -1.01. The number of aliphatic carboxylic acids is 1. The predicted octanol–water partition coefficient (Wildman–Crippen LogP) is 6.92. The van der Waals surface area contributed by atoms with Crippen molar-refractivity contribution in [1.29, 1.82) is 0 Å². The molecule has 44 heavy (non-hydrogen) atoms. The molecule has 3 aliphatic rings. The van der Waals surface area contributed by atoms with Crippen LogP contribution in [0.4, 0.5) is 0 Å². The molecule has 4 aromatic rings. The number of ketones is 1. The highest BCUT2D eigenvalue weighted by atomic mass is 16.5. The van der Waals surface area contributed by atoms with E-state index >= 15 is 0 Å². The first kappa shape index (κ1) is 28.1. The second-order valence-corrected chi connectivity index (χ2v) is 12.4. The maximum Gasteiger partial charge on any atom is 0.328 e. The Morgan fingerprint density at radius 1 is 0.977 bits per heavy atom. The van der Waals surface area contributed by atoms with E-state index in [9.17, 15) is 14.4 Å². The van der Waals surface area contributed by atoms with Gasteiger partial charge < -0.3 is 19.7 Å². The van der Waals surface area contributed by atoms with Gasteiger partial charge in [0.25, 0.3) is 5.91 Å². The number of para-hydroxylation sites is 1. The van der Waals surface area contributed by atoms with E-state index in [0.29, 0.717) is 37.5 Å². The summed E-state index contributed by atoms with van der Waals surface area (Å²) in [6.45, 7) is 1.26. The summed E-state index contributed by atoms with van der Waals surface area (Å²) in [4.78, 5) is 37.8. The lowest BCUT2D eigenvalue weighted by Gasteiger charge is -2.23. The first-order valence-corrected chi connectivity index (χ1v) is 15.7. The number of fused-ring (bicyclic) bond motifs is 5. The molecule has 7 heteroatoms. The van der Waals surface area contributed by atoms with E-state index in [2.05, 4.69) is 28.1 Å². The molecule has 7 rings (SSSR count).